The quantitative estimate of drug-likeness (QED) is 0.888. The minimum absolute atomic E-state index is 0.0203. The normalized spacial score (nSPS) is 19.9. The summed E-state index contributed by atoms with van der Waals surface area (Å²) in [6, 6.07) is 3.43. The van der Waals surface area contributed by atoms with E-state index in [-0.39, 0.29) is 24.1 Å². The molecule has 0 atom stereocenters. The monoisotopic (exact) mass is 348 g/mol. The fraction of sp³-hybridized carbons (Fsp3) is 0.722. The number of nitrogens with one attached hydrogen (secondary N) is 1. The summed E-state index contributed by atoms with van der Waals surface area (Å²) in [5.41, 5.74) is -0.246. The molecule has 3 rings (SSSR count). The van der Waals surface area contributed by atoms with Crippen LogP contribution < -0.4 is 15.8 Å². The number of amides is 1. The van der Waals surface area contributed by atoms with Gasteiger partial charge in [-0.1, -0.05) is 32.1 Å². The van der Waals surface area contributed by atoms with Gasteiger partial charge in [0.15, 0.2) is 0 Å². The maximum Gasteiger partial charge on any atom is 0.267 e. The summed E-state index contributed by atoms with van der Waals surface area (Å²) in [5.74, 6) is 0.598. The lowest BCUT2D eigenvalue weighted by Gasteiger charge is -2.27. The lowest BCUT2D eigenvalue weighted by atomic mass is 9.97. The van der Waals surface area contributed by atoms with Crippen molar-refractivity contribution in [2.45, 2.75) is 57.5 Å². The molecule has 25 heavy (non-hydrogen) atoms. The summed E-state index contributed by atoms with van der Waals surface area (Å²) in [6.45, 7) is 2.79. The molecule has 1 amide bonds. The van der Waals surface area contributed by atoms with E-state index in [0.29, 0.717) is 13.2 Å². The van der Waals surface area contributed by atoms with Gasteiger partial charge in [-0.2, -0.15) is 5.10 Å². The molecule has 0 bridgehead atoms. The van der Waals surface area contributed by atoms with Crippen LogP contribution in [0.3, 0.4) is 0 Å². The van der Waals surface area contributed by atoms with Crippen molar-refractivity contribution in [1.82, 2.24) is 15.1 Å². The number of hydrogen-bond acceptors (Lipinski definition) is 5. The number of rotatable bonds is 4. The van der Waals surface area contributed by atoms with Crippen molar-refractivity contribution in [1.29, 1.82) is 0 Å². The van der Waals surface area contributed by atoms with Crippen molar-refractivity contribution in [2.75, 3.05) is 31.2 Å². The van der Waals surface area contributed by atoms with Crippen LogP contribution in [0.2, 0.25) is 0 Å². The summed E-state index contributed by atoms with van der Waals surface area (Å²) in [6.07, 6.45) is 8.17. The molecular weight excluding hydrogens is 320 g/mol. The first-order valence-corrected chi connectivity index (χ1v) is 9.42. The Balaban J connectivity index is 1.60. The van der Waals surface area contributed by atoms with Crippen molar-refractivity contribution in [3.8, 4) is 0 Å². The van der Waals surface area contributed by atoms with Crippen molar-refractivity contribution in [3.63, 3.8) is 0 Å². The highest BCUT2D eigenvalue weighted by atomic mass is 16.5. The number of nitrogens with zero attached hydrogens (tertiary/aromatic N) is 3. The molecule has 1 aliphatic heterocycles. The van der Waals surface area contributed by atoms with Crippen LogP contribution in [0.5, 0.6) is 0 Å². The maximum absolute atomic E-state index is 12.4. The second-order valence-corrected chi connectivity index (χ2v) is 6.90. The van der Waals surface area contributed by atoms with E-state index in [0.717, 1.165) is 44.6 Å². The van der Waals surface area contributed by atoms with Gasteiger partial charge in [0.25, 0.3) is 5.56 Å². The second kappa shape index (κ2) is 8.99. The van der Waals surface area contributed by atoms with Crippen molar-refractivity contribution < 1.29 is 9.53 Å². The van der Waals surface area contributed by atoms with Crippen LogP contribution >= 0.6 is 0 Å². The Labute approximate surface area is 148 Å². The molecular formula is C18H28N4O3. The lowest BCUT2D eigenvalue weighted by Crippen LogP contribution is -2.41. The number of anilines is 1. The second-order valence-electron chi connectivity index (χ2n) is 6.90. The van der Waals surface area contributed by atoms with Crippen molar-refractivity contribution >= 4 is 11.7 Å². The fourth-order valence-electron chi connectivity index (χ4n) is 3.52. The zero-order valence-corrected chi connectivity index (χ0v) is 14.8. The molecule has 1 saturated heterocycles. The van der Waals surface area contributed by atoms with E-state index < -0.39 is 0 Å². The zero-order valence-electron chi connectivity index (χ0n) is 14.8. The Morgan fingerprint density at radius 3 is 2.52 bits per heavy atom. The molecule has 0 unspecified atom stereocenters. The fourth-order valence-corrected chi connectivity index (χ4v) is 3.52. The largest absolute Gasteiger partial charge is 0.378 e. The Bertz CT molecular complexity index is 617. The van der Waals surface area contributed by atoms with E-state index in [2.05, 4.69) is 15.3 Å². The third kappa shape index (κ3) is 5.29. The smallest absolute Gasteiger partial charge is 0.267 e. The van der Waals surface area contributed by atoms with E-state index in [1.165, 1.54) is 30.0 Å². The van der Waals surface area contributed by atoms with Crippen LogP contribution in [-0.4, -0.2) is 48.0 Å². The maximum atomic E-state index is 12.4. The van der Waals surface area contributed by atoms with Crippen LogP contribution in [0.4, 0.5) is 5.82 Å². The molecule has 138 valence electrons. The molecule has 1 saturated carbocycles. The topological polar surface area (TPSA) is 76.5 Å². The van der Waals surface area contributed by atoms with Crippen LogP contribution in [0.25, 0.3) is 0 Å². The summed E-state index contributed by atoms with van der Waals surface area (Å²) in [5, 5.41) is 7.47. The molecule has 2 fully saturated rings. The zero-order chi connectivity index (χ0) is 17.5. The number of carbonyl (C=O) groups is 1. The predicted octanol–water partition coefficient (Wildman–Crippen LogP) is 1.31. The van der Waals surface area contributed by atoms with Gasteiger partial charge in [-0.05, 0) is 18.9 Å². The van der Waals surface area contributed by atoms with E-state index >= 15 is 0 Å². The first-order chi connectivity index (χ1) is 12.2. The van der Waals surface area contributed by atoms with Gasteiger partial charge in [0.2, 0.25) is 5.91 Å². The summed E-state index contributed by atoms with van der Waals surface area (Å²) < 4.78 is 6.61. The summed E-state index contributed by atoms with van der Waals surface area (Å²) in [7, 11) is 0. The molecule has 0 spiro atoms. The van der Waals surface area contributed by atoms with E-state index in [9.17, 15) is 9.59 Å². The van der Waals surface area contributed by atoms with Gasteiger partial charge in [-0.25, -0.2) is 4.68 Å². The van der Waals surface area contributed by atoms with Crippen LogP contribution in [0, 0.1) is 0 Å². The molecule has 0 aromatic carbocycles. The Morgan fingerprint density at radius 2 is 1.80 bits per heavy atom. The number of hydrogen-bond donors (Lipinski definition) is 1. The molecule has 2 aliphatic rings. The van der Waals surface area contributed by atoms with Crippen LogP contribution in [0.15, 0.2) is 16.9 Å². The van der Waals surface area contributed by atoms with Gasteiger partial charge < -0.3 is 15.0 Å². The van der Waals surface area contributed by atoms with Gasteiger partial charge in [0, 0.05) is 25.2 Å². The first kappa shape index (κ1) is 17.9. The molecule has 1 aromatic rings. The SMILES string of the molecule is O=C(Cn1nc(N2CCOCC2)ccc1=O)NC1CCCCCCC1. The van der Waals surface area contributed by atoms with Gasteiger partial charge in [0.05, 0.1) is 13.2 Å². The average molecular weight is 348 g/mol. The number of ether oxygens (including phenoxy) is 1. The van der Waals surface area contributed by atoms with Crippen LogP contribution in [0.1, 0.15) is 44.9 Å². The highest BCUT2D eigenvalue weighted by molar-refractivity contribution is 5.75. The average Bonchev–Trinajstić information content (AvgIpc) is 2.60. The number of aromatic nitrogens is 2. The Kier molecular flexibility index (Phi) is 6.44. The van der Waals surface area contributed by atoms with Gasteiger partial charge in [-0.15, -0.1) is 0 Å². The van der Waals surface area contributed by atoms with E-state index in [4.69, 9.17) is 4.74 Å². The number of morpholine rings is 1. The van der Waals surface area contributed by atoms with Gasteiger partial charge in [-0.3, -0.25) is 9.59 Å². The van der Waals surface area contributed by atoms with Crippen LogP contribution in [-0.2, 0) is 16.1 Å². The Hall–Kier alpha value is -1.89. The lowest BCUT2D eigenvalue weighted by molar-refractivity contribution is -0.122. The summed E-state index contributed by atoms with van der Waals surface area (Å²) >= 11 is 0. The van der Waals surface area contributed by atoms with E-state index in [1.54, 1.807) is 6.07 Å². The Morgan fingerprint density at radius 1 is 1.12 bits per heavy atom. The molecule has 2 heterocycles. The molecule has 1 N–H and O–H groups in total. The minimum Gasteiger partial charge on any atom is -0.378 e. The molecule has 7 nitrogen and oxygen atoms in total. The minimum atomic E-state index is -0.246. The highest BCUT2D eigenvalue weighted by Gasteiger charge is 2.17. The highest BCUT2D eigenvalue weighted by Crippen LogP contribution is 2.17. The van der Waals surface area contributed by atoms with Crippen molar-refractivity contribution in [3.05, 3.63) is 22.5 Å². The standard InChI is InChI=1S/C18H28N4O3/c23-17(19-15-6-4-2-1-3-5-7-15)14-22-18(24)9-8-16(20-22)21-10-12-25-13-11-21/h8-9,15H,1-7,10-14H2,(H,19,23). The van der Waals surface area contributed by atoms with E-state index in [1.807, 2.05) is 0 Å². The first-order valence-electron chi connectivity index (χ1n) is 9.42. The van der Waals surface area contributed by atoms with Crippen molar-refractivity contribution in [2.24, 2.45) is 0 Å². The molecule has 7 heteroatoms. The van der Waals surface area contributed by atoms with Gasteiger partial charge >= 0.3 is 0 Å². The predicted molar refractivity (Wildman–Crippen MR) is 95.8 cm³/mol. The third-order valence-electron chi connectivity index (χ3n) is 4.95. The number of carbonyl (C=O) groups excluding carboxylic acids is 1. The van der Waals surface area contributed by atoms with Gasteiger partial charge in [0.1, 0.15) is 12.4 Å². The third-order valence-corrected chi connectivity index (χ3v) is 4.95. The summed E-state index contributed by atoms with van der Waals surface area (Å²) in [4.78, 5) is 26.5. The molecule has 0 radical (unpaired) electrons. The molecule has 1 aromatic heterocycles. The molecule has 1 aliphatic carbocycles.